The summed E-state index contributed by atoms with van der Waals surface area (Å²) < 4.78 is 23.1. The summed E-state index contributed by atoms with van der Waals surface area (Å²) in [6, 6.07) is 0. The Hall–Kier alpha value is -0.670. The molecule has 0 aliphatic heterocycles. The highest BCUT2D eigenvalue weighted by Crippen LogP contribution is 2.01. The minimum atomic E-state index is -2.37. The van der Waals surface area contributed by atoms with Crippen LogP contribution < -0.4 is 5.32 Å². The van der Waals surface area contributed by atoms with Crippen molar-refractivity contribution in [3.05, 3.63) is 0 Å². The van der Waals surface area contributed by atoms with Gasteiger partial charge >= 0.3 is 0 Å². The number of hydrogen-bond donors (Lipinski definition) is 1. The van der Waals surface area contributed by atoms with Crippen LogP contribution in [0.15, 0.2) is 0 Å². The van der Waals surface area contributed by atoms with Crippen LogP contribution in [0.5, 0.6) is 0 Å². The summed E-state index contributed by atoms with van der Waals surface area (Å²) in [5.41, 5.74) is 0. The zero-order chi connectivity index (χ0) is 8.69. The Balaban J connectivity index is 3.23. The van der Waals surface area contributed by atoms with Gasteiger partial charge < -0.3 is 5.32 Å². The lowest BCUT2D eigenvalue weighted by molar-refractivity contribution is -0.121. The van der Waals surface area contributed by atoms with Crippen molar-refractivity contribution in [3.8, 4) is 0 Å². The van der Waals surface area contributed by atoms with Gasteiger partial charge in [-0.15, -0.1) is 0 Å². The predicted octanol–water partition coefficient (Wildman–Crippen LogP) is 1.56. The number of hydrogen-bond acceptors (Lipinski definition) is 1. The van der Waals surface area contributed by atoms with E-state index in [2.05, 4.69) is 5.32 Å². The number of carbonyl (C=O) groups excluding carboxylic acids is 1. The summed E-state index contributed by atoms with van der Waals surface area (Å²) in [5, 5.41) is 2.52. The second kappa shape index (κ2) is 6.07. The molecule has 0 aromatic heterocycles. The molecule has 0 saturated carbocycles. The molecule has 0 aliphatic carbocycles. The SMILES string of the molecule is CCCNC(=O)CCC(F)F. The first kappa shape index (κ1) is 10.3. The predicted molar refractivity (Wildman–Crippen MR) is 38.5 cm³/mol. The van der Waals surface area contributed by atoms with Crippen molar-refractivity contribution in [1.29, 1.82) is 0 Å². The molecule has 0 aliphatic rings. The molecular weight excluding hydrogens is 152 g/mol. The third kappa shape index (κ3) is 7.22. The van der Waals surface area contributed by atoms with Crippen LogP contribution in [-0.4, -0.2) is 18.9 Å². The fourth-order valence-corrected chi connectivity index (χ4v) is 0.593. The molecular formula is C7H13F2NO. The number of carbonyl (C=O) groups is 1. The average Bonchev–Trinajstić information content (AvgIpc) is 1.97. The fraction of sp³-hybridized carbons (Fsp3) is 0.857. The maximum absolute atomic E-state index is 11.5. The quantitative estimate of drug-likeness (QED) is 0.658. The zero-order valence-electron chi connectivity index (χ0n) is 6.57. The summed E-state index contributed by atoms with van der Waals surface area (Å²) in [6.45, 7) is 2.48. The number of alkyl halides is 2. The minimum Gasteiger partial charge on any atom is -0.356 e. The third-order valence-corrected chi connectivity index (χ3v) is 1.16. The first-order valence-electron chi connectivity index (χ1n) is 3.71. The van der Waals surface area contributed by atoms with Crippen molar-refractivity contribution in [2.45, 2.75) is 32.6 Å². The van der Waals surface area contributed by atoms with Crippen LogP contribution in [0.2, 0.25) is 0 Å². The molecule has 0 heterocycles. The van der Waals surface area contributed by atoms with Crippen LogP contribution >= 0.6 is 0 Å². The molecule has 0 fully saturated rings. The molecule has 66 valence electrons. The topological polar surface area (TPSA) is 29.1 Å². The van der Waals surface area contributed by atoms with Crippen molar-refractivity contribution in [1.82, 2.24) is 5.32 Å². The van der Waals surface area contributed by atoms with E-state index in [0.29, 0.717) is 6.54 Å². The van der Waals surface area contributed by atoms with Crippen molar-refractivity contribution >= 4 is 5.91 Å². The van der Waals surface area contributed by atoms with Gasteiger partial charge in [-0.1, -0.05) is 6.92 Å². The molecule has 11 heavy (non-hydrogen) atoms. The third-order valence-electron chi connectivity index (χ3n) is 1.16. The molecule has 1 amide bonds. The first-order chi connectivity index (χ1) is 5.16. The van der Waals surface area contributed by atoms with Crippen LogP contribution in [0.4, 0.5) is 8.78 Å². The number of amides is 1. The van der Waals surface area contributed by atoms with Gasteiger partial charge in [0.15, 0.2) is 0 Å². The average molecular weight is 165 g/mol. The molecule has 0 radical (unpaired) electrons. The van der Waals surface area contributed by atoms with Gasteiger partial charge in [0, 0.05) is 19.4 Å². The van der Waals surface area contributed by atoms with Crippen LogP contribution in [-0.2, 0) is 4.79 Å². The molecule has 0 atom stereocenters. The van der Waals surface area contributed by atoms with Gasteiger partial charge in [-0.2, -0.15) is 0 Å². The molecule has 0 aromatic rings. The van der Waals surface area contributed by atoms with Crippen molar-refractivity contribution in [2.75, 3.05) is 6.54 Å². The molecule has 2 nitrogen and oxygen atoms in total. The molecule has 0 bridgehead atoms. The maximum Gasteiger partial charge on any atom is 0.239 e. The molecule has 0 unspecified atom stereocenters. The highest BCUT2D eigenvalue weighted by molar-refractivity contribution is 5.75. The smallest absolute Gasteiger partial charge is 0.239 e. The van der Waals surface area contributed by atoms with Crippen molar-refractivity contribution in [3.63, 3.8) is 0 Å². The standard InChI is InChI=1S/C7H13F2NO/c1-2-5-10-7(11)4-3-6(8)9/h6H,2-5H2,1H3,(H,10,11). The molecule has 0 rings (SSSR count). The van der Waals surface area contributed by atoms with E-state index in [1.165, 1.54) is 0 Å². The summed E-state index contributed by atoms with van der Waals surface area (Å²) in [6.07, 6.45) is -1.95. The van der Waals surface area contributed by atoms with Crippen LogP contribution in [0.25, 0.3) is 0 Å². The van der Waals surface area contributed by atoms with E-state index in [1.54, 1.807) is 0 Å². The number of halogens is 2. The van der Waals surface area contributed by atoms with Gasteiger partial charge in [0.05, 0.1) is 0 Å². The molecule has 0 spiro atoms. The summed E-state index contributed by atoms with van der Waals surface area (Å²) in [5.74, 6) is -0.285. The van der Waals surface area contributed by atoms with Gasteiger partial charge in [-0.3, -0.25) is 4.79 Å². The fourth-order valence-electron chi connectivity index (χ4n) is 0.593. The largest absolute Gasteiger partial charge is 0.356 e. The lowest BCUT2D eigenvalue weighted by Crippen LogP contribution is -2.24. The Kier molecular flexibility index (Phi) is 5.70. The number of nitrogens with one attached hydrogen (secondary N) is 1. The Morgan fingerprint density at radius 1 is 1.55 bits per heavy atom. The maximum atomic E-state index is 11.5. The van der Waals surface area contributed by atoms with Crippen LogP contribution in [0, 0.1) is 0 Å². The Labute approximate surface area is 65.0 Å². The minimum absolute atomic E-state index is 0.0718. The molecule has 1 N–H and O–H groups in total. The van der Waals surface area contributed by atoms with E-state index >= 15 is 0 Å². The molecule has 0 saturated heterocycles. The van der Waals surface area contributed by atoms with E-state index in [1.807, 2.05) is 6.92 Å². The van der Waals surface area contributed by atoms with E-state index in [-0.39, 0.29) is 18.7 Å². The van der Waals surface area contributed by atoms with Gasteiger partial charge in [0.1, 0.15) is 0 Å². The summed E-state index contributed by atoms with van der Waals surface area (Å²) in [7, 11) is 0. The van der Waals surface area contributed by atoms with Crippen LogP contribution in [0.1, 0.15) is 26.2 Å². The van der Waals surface area contributed by atoms with E-state index < -0.39 is 6.43 Å². The highest BCUT2D eigenvalue weighted by atomic mass is 19.3. The van der Waals surface area contributed by atoms with E-state index in [4.69, 9.17) is 0 Å². The molecule has 0 aromatic carbocycles. The second-order valence-electron chi connectivity index (χ2n) is 2.28. The Morgan fingerprint density at radius 3 is 2.64 bits per heavy atom. The highest BCUT2D eigenvalue weighted by Gasteiger charge is 2.06. The lowest BCUT2D eigenvalue weighted by atomic mass is 10.3. The van der Waals surface area contributed by atoms with Gasteiger partial charge in [-0.25, -0.2) is 8.78 Å². The van der Waals surface area contributed by atoms with Crippen molar-refractivity contribution < 1.29 is 13.6 Å². The van der Waals surface area contributed by atoms with E-state index in [9.17, 15) is 13.6 Å². The van der Waals surface area contributed by atoms with Gasteiger partial charge in [0.25, 0.3) is 0 Å². The summed E-state index contributed by atoms with van der Waals surface area (Å²) >= 11 is 0. The first-order valence-corrected chi connectivity index (χ1v) is 3.71. The van der Waals surface area contributed by atoms with Gasteiger partial charge in [0.2, 0.25) is 12.3 Å². The Morgan fingerprint density at radius 2 is 2.18 bits per heavy atom. The molecule has 4 heteroatoms. The van der Waals surface area contributed by atoms with Gasteiger partial charge in [-0.05, 0) is 6.42 Å². The summed E-state index contributed by atoms with van der Waals surface area (Å²) in [4.78, 5) is 10.7. The Bertz CT molecular complexity index is 117. The normalized spacial score (nSPS) is 10.2. The lowest BCUT2D eigenvalue weighted by Gasteiger charge is -2.01. The van der Waals surface area contributed by atoms with Crippen LogP contribution in [0.3, 0.4) is 0 Å². The van der Waals surface area contributed by atoms with E-state index in [0.717, 1.165) is 6.42 Å². The monoisotopic (exact) mass is 165 g/mol. The zero-order valence-corrected chi connectivity index (χ0v) is 6.57. The second-order valence-corrected chi connectivity index (χ2v) is 2.28. The van der Waals surface area contributed by atoms with Crippen molar-refractivity contribution in [2.24, 2.45) is 0 Å². The number of rotatable bonds is 5.